The molecule has 0 saturated heterocycles. The molecule has 9 heteroatoms. The molecular weight excluding hydrogens is 352 g/mol. The molecule has 0 aliphatic rings. The molecule has 0 radical (unpaired) electrons. The number of nitrogens with one attached hydrogen (secondary N) is 1. The van der Waals surface area contributed by atoms with Crippen LogP contribution in [-0.4, -0.2) is 23.2 Å². The van der Waals surface area contributed by atoms with E-state index < -0.39 is 15.5 Å². The Morgan fingerprint density at radius 3 is 2.52 bits per heavy atom. The molecular formula is C18H14N4O5. The number of hydrogen-bond donors (Lipinski definition) is 1. The molecule has 3 rings (SSSR count). The van der Waals surface area contributed by atoms with Crippen LogP contribution >= 0.6 is 0 Å². The quantitative estimate of drug-likeness (QED) is 0.398. The summed E-state index contributed by atoms with van der Waals surface area (Å²) in [5, 5.41) is 27.9. The van der Waals surface area contributed by atoms with Gasteiger partial charge in [-0.05, 0) is 22.9 Å². The van der Waals surface area contributed by atoms with E-state index in [1.165, 1.54) is 25.5 Å². The minimum atomic E-state index is -0.705. The molecule has 0 fully saturated rings. The van der Waals surface area contributed by atoms with Crippen LogP contribution in [0.15, 0.2) is 59.7 Å². The third-order valence-corrected chi connectivity index (χ3v) is 3.92. The van der Waals surface area contributed by atoms with Crippen molar-refractivity contribution >= 4 is 34.0 Å². The van der Waals surface area contributed by atoms with Crippen LogP contribution in [0, 0.1) is 20.2 Å². The lowest BCUT2D eigenvalue weighted by atomic mass is 10.0. The standard InChI is InChI=1S/C18H14N4O5/c1-27-18-9-6-12-4-2-3-5-14(12)15(18)11-19-20-16-8-7-13(21(23)24)10-17(16)22(25)26/h2-11,20H,1H3/b19-11+. The summed E-state index contributed by atoms with van der Waals surface area (Å²) in [4.78, 5) is 20.6. The van der Waals surface area contributed by atoms with Gasteiger partial charge in [0.1, 0.15) is 11.4 Å². The van der Waals surface area contributed by atoms with Gasteiger partial charge in [-0.2, -0.15) is 5.10 Å². The summed E-state index contributed by atoms with van der Waals surface area (Å²) in [6, 6.07) is 14.7. The number of rotatable bonds is 6. The number of hydrogen-bond acceptors (Lipinski definition) is 7. The first-order chi connectivity index (χ1) is 13.0. The van der Waals surface area contributed by atoms with Gasteiger partial charge in [-0.1, -0.05) is 30.3 Å². The maximum absolute atomic E-state index is 11.2. The molecule has 0 saturated carbocycles. The number of methoxy groups -OCH3 is 1. The molecule has 9 nitrogen and oxygen atoms in total. The number of non-ortho nitro benzene ring substituents is 1. The van der Waals surface area contributed by atoms with Crippen molar-refractivity contribution in [2.45, 2.75) is 0 Å². The van der Waals surface area contributed by atoms with Crippen LogP contribution in [0.25, 0.3) is 10.8 Å². The van der Waals surface area contributed by atoms with Gasteiger partial charge in [-0.3, -0.25) is 25.7 Å². The summed E-state index contributed by atoms with van der Waals surface area (Å²) in [7, 11) is 1.54. The Labute approximate surface area is 153 Å². The average molecular weight is 366 g/mol. The van der Waals surface area contributed by atoms with Gasteiger partial charge in [0.05, 0.1) is 29.2 Å². The van der Waals surface area contributed by atoms with Crippen molar-refractivity contribution in [2.75, 3.05) is 12.5 Å². The first-order valence-corrected chi connectivity index (χ1v) is 7.79. The molecule has 0 bridgehead atoms. The van der Waals surface area contributed by atoms with Gasteiger partial charge in [0.25, 0.3) is 5.69 Å². The van der Waals surface area contributed by atoms with Crippen molar-refractivity contribution in [1.82, 2.24) is 0 Å². The number of hydrazone groups is 1. The molecule has 0 spiro atoms. The average Bonchev–Trinajstić information content (AvgIpc) is 2.67. The Balaban J connectivity index is 1.96. The van der Waals surface area contributed by atoms with Crippen LogP contribution in [0.3, 0.4) is 0 Å². The molecule has 0 aliphatic heterocycles. The summed E-state index contributed by atoms with van der Waals surface area (Å²) in [5.41, 5.74) is 2.51. The molecule has 0 aromatic heterocycles. The maximum atomic E-state index is 11.2. The molecule has 0 amide bonds. The van der Waals surface area contributed by atoms with Crippen LogP contribution in [0.1, 0.15) is 5.56 Å². The number of nitrogens with zero attached hydrogens (tertiary/aromatic N) is 3. The topological polar surface area (TPSA) is 120 Å². The number of ether oxygens (including phenoxy) is 1. The van der Waals surface area contributed by atoms with E-state index in [2.05, 4.69) is 10.5 Å². The van der Waals surface area contributed by atoms with Crippen molar-refractivity contribution < 1.29 is 14.6 Å². The Hall–Kier alpha value is -4.01. The van der Waals surface area contributed by atoms with Crippen LogP contribution < -0.4 is 10.2 Å². The summed E-state index contributed by atoms with van der Waals surface area (Å²) in [6.07, 6.45) is 1.49. The fourth-order valence-electron chi connectivity index (χ4n) is 2.63. The predicted molar refractivity (Wildman–Crippen MR) is 101 cm³/mol. The summed E-state index contributed by atoms with van der Waals surface area (Å²) in [6.45, 7) is 0. The second kappa shape index (κ2) is 7.48. The maximum Gasteiger partial charge on any atom is 0.301 e. The molecule has 1 N–H and O–H groups in total. The summed E-state index contributed by atoms with van der Waals surface area (Å²) in [5.74, 6) is 0.595. The van der Waals surface area contributed by atoms with E-state index in [-0.39, 0.29) is 11.4 Å². The van der Waals surface area contributed by atoms with Gasteiger partial charge in [-0.15, -0.1) is 0 Å². The number of nitro groups is 2. The zero-order valence-corrected chi connectivity index (χ0v) is 14.2. The molecule has 0 unspecified atom stereocenters. The monoisotopic (exact) mass is 366 g/mol. The Morgan fingerprint density at radius 1 is 1.04 bits per heavy atom. The first-order valence-electron chi connectivity index (χ1n) is 7.79. The zero-order valence-electron chi connectivity index (χ0n) is 14.2. The van der Waals surface area contributed by atoms with E-state index in [1.807, 2.05) is 30.3 Å². The minimum absolute atomic E-state index is 0.0426. The SMILES string of the molecule is COc1ccc2ccccc2c1/C=N/Nc1ccc([N+](=O)[O-])cc1[N+](=O)[O-]. The van der Waals surface area contributed by atoms with Crippen LogP contribution in [0.4, 0.5) is 17.1 Å². The number of fused-ring (bicyclic) bond motifs is 1. The molecule has 136 valence electrons. The largest absolute Gasteiger partial charge is 0.496 e. The Bertz CT molecular complexity index is 1060. The highest BCUT2D eigenvalue weighted by Crippen LogP contribution is 2.29. The Kier molecular flexibility index (Phi) is 4.93. The fraction of sp³-hybridized carbons (Fsp3) is 0.0556. The molecule has 3 aromatic rings. The van der Waals surface area contributed by atoms with Crippen LogP contribution in [-0.2, 0) is 0 Å². The van der Waals surface area contributed by atoms with Gasteiger partial charge in [-0.25, -0.2) is 0 Å². The van der Waals surface area contributed by atoms with Gasteiger partial charge in [0, 0.05) is 11.6 Å². The molecule has 3 aromatic carbocycles. The highest BCUT2D eigenvalue weighted by Gasteiger charge is 2.19. The first kappa shape index (κ1) is 17.8. The third kappa shape index (κ3) is 3.66. The molecule has 0 aliphatic carbocycles. The van der Waals surface area contributed by atoms with Crippen LogP contribution in [0.2, 0.25) is 0 Å². The molecule has 0 heterocycles. The van der Waals surface area contributed by atoms with E-state index in [0.717, 1.165) is 16.8 Å². The number of benzene rings is 3. The van der Waals surface area contributed by atoms with Gasteiger partial charge >= 0.3 is 5.69 Å². The second-order valence-electron chi connectivity index (χ2n) is 5.49. The molecule has 27 heavy (non-hydrogen) atoms. The lowest BCUT2D eigenvalue weighted by Crippen LogP contribution is -1.99. The van der Waals surface area contributed by atoms with Crippen molar-refractivity contribution in [3.63, 3.8) is 0 Å². The molecule has 0 atom stereocenters. The Morgan fingerprint density at radius 2 is 1.81 bits per heavy atom. The number of anilines is 1. The van der Waals surface area contributed by atoms with Crippen molar-refractivity contribution in [1.29, 1.82) is 0 Å². The number of nitro benzene ring substituents is 2. The van der Waals surface area contributed by atoms with Crippen molar-refractivity contribution in [3.05, 3.63) is 80.4 Å². The van der Waals surface area contributed by atoms with Crippen molar-refractivity contribution in [3.8, 4) is 5.75 Å². The fourth-order valence-corrected chi connectivity index (χ4v) is 2.63. The lowest BCUT2D eigenvalue weighted by molar-refractivity contribution is -0.393. The van der Waals surface area contributed by atoms with Gasteiger partial charge in [0.2, 0.25) is 0 Å². The minimum Gasteiger partial charge on any atom is -0.496 e. The smallest absolute Gasteiger partial charge is 0.301 e. The van der Waals surface area contributed by atoms with Crippen LogP contribution in [0.5, 0.6) is 5.75 Å². The lowest BCUT2D eigenvalue weighted by Gasteiger charge is -2.08. The summed E-state index contributed by atoms with van der Waals surface area (Å²) >= 11 is 0. The predicted octanol–water partition coefficient (Wildman–Crippen LogP) is 4.11. The van der Waals surface area contributed by atoms with E-state index in [9.17, 15) is 20.2 Å². The second-order valence-corrected chi connectivity index (χ2v) is 5.49. The van der Waals surface area contributed by atoms with E-state index in [1.54, 1.807) is 6.07 Å². The van der Waals surface area contributed by atoms with Gasteiger partial charge in [0.15, 0.2) is 0 Å². The zero-order chi connectivity index (χ0) is 19.4. The van der Waals surface area contributed by atoms with E-state index in [0.29, 0.717) is 11.3 Å². The highest BCUT2D eigenvalue weighted by atomic mass is 16.6. The summed E-state index contributed by atoms with van der Waals surface area (Å²) < 4.78 is 5.36. The van der Waals surface area contributed by atoms with Gasteiger partial charge < -0.3 is 4.74 Å². The normalized spacial score (nSPS) is 10.9. The van der Waals surface area contributed by atoms with E-state index >= 15 is 0 Å². The van der Waals surface area contributed by atoms with Crippen molar-refractivity contribution in [2.24, 2.45) is 5.10 Å². The third-order valence-electron chi connectivity index (χ3n) is 3.92. The highest BCUT2D eigenvalue weighted by molar-refractivity contribution is 6.02. The van der Waals surface area contributed by atoms with E-state index in [4.69, 9.17) is 4.74 Å².